The van der Waals surface area contributed by atoms with E-state index in [0.29, 0.717) is 28.9 Å². The number of hydrogen-bond acceptors (Lipinski definition) is 3. The van der Waals surface area contributed by atoms with Crippen molar-refractivity contribution in [3.63, 3.8) is 0 Å². The van der Waals surface area contributed by atoms with Gasteiger partial charge < -0.3 is 10.5 Å². The van der Waals surface area contributed by atoms with Crippen molar-refractivity contribution in [2.45, 2.75) is 13.2 Å². The molecule has 0 fully saturated rings. The second-order valence-electron chi connectivity index (χ2n) is 3.60. The summed E-state index contributed by atoms with van der Waals surface area (Å²) in [5.41, 5.74) is 6.47. The Labute approximate surface area is 128 Å². The normalized spacial score (nSPS) is 10.7. The average molecular weight is 367 g/mol. The molecule has 2 rings (SSSR count). The largest absolute Gasteiger partial charge is 0.486 e. The number of hydrogen-bond donors (Lipinski definition) is 1. The molecule has 0 unspecified atom stereocenters. The maximum absolute atomic E-state index is 6.11. The fourth-order valence-electron chi connectivity index (χ4n) is 1.50. The summed E-state index contributed by atoms with van der Waals surface area (Å²) < 4.78 is 6.78. The third-order valence-electron chi connectivity index (χ3n) is 2.29. The van der Waals surface area contributed by atoms with Gasteiger partial charge in [0.1, 0.15) is 12.4 Å². The van der Waals surface area contributed by atoms with Crippen LogP contribution in [-0.4, -0.2) is 0 Å². The summed E-state index contributed by atoms with van der Waals surface area (Å²) >= 11 is 17.1. The summed E-state index contributed by atoms with van der Waals surface area (Å²) in [5.74, 6) is 0.605. The monoisotopic (exact) mass is 365 g/mol. The van der Waals surface area contributed by atoms with E-state index in [1.54, 1.807) is 23.5 Å². The molecule has 0 aliphatic carbocycles. The highest BCUT2D eigenvalue weighted by molar-refractivity contribution is 9.10. The predicted octanol–water partition coefficient (Wildman–Crippen LogP) is 4.86. The van der Waals surface area contributed by atoms with E-state index >= 15 is 0 Å². The Morgan fingerprint density at radius 3 is 2.67 bits per heavy atom. The summed E-state index contributed by atoms with van der Waals surface area (Å²) in [4.78, 5) is 1.11. The van der Waals surface area contributed by atoms with Gasteiger partial charge in [-0.05, 0) is 34.1 Å². The van der Waals surface area contributed by atoms with Crippen LogP contribution in [0.3, 0.4) is 0 Å². The maximum atomic E-state index is 6.11. The Morgan fingerprint density at radius 1 is 1.28 bits per heavy atom. The van der Waals surface area contributed by atoms with Gasteiger partial charge in [-0.2, -0.15) is 0 Å². The van der Waals surface area contributed by atoms with Crippen LogP contribution >= 0.6 is 50.5 Å². The lowest BCUT2D eigenvalue weighted by molar-refractivity contribution is 0.306. The van der Waals surface area contributed by atoms with Crippen molar-refractivity contribution in [1.82, 2.24) is 0 Å². The van der Waals surface area contributed by atoms with Crippen LogP contribution in [-0.2, 0) is 13.2 Å². The molecule has 0 aliphatic heterocycles. The average Bonchev–Trinajstić information content (AvgIpc) is 2.73. The maximum Gasteiger partial charge on any atom is 0.143 e. The lowest BCUT2D eigenvalue weighted by atomic mass is 10.2. The zero-order chi connectivity index (χ0) is 13.1. The molecule has 0 spiro atoms. The molecule has 2 N–H and O–H groups in total. The van der Waals surface area contributed by atoms with Crippen molar-refractivity contribution in [3.05, 3.63) is 48.5 Å². The van der Waals surface area contributed by atoms with Crippen LogP contribution in [0.4, 0.5) is 0 Å². The quantitative estimate of drug-likeness (QED) is 0.838. The van der Waals surface area contributed by atoms with Crippen LogP contribution in [0.5, 0.6) is 5.75 Å². The van der Waals surface area contributed by atoms with Gasteiger partial charge in [-0.3, -0.25) is 0 Å². The zero-order valence-electron chi connectivity index (χ0n) is 9.25. The minimum atomic E-state index is 0.337. The van der Waals surface area contributed by atoms with Crippen molar-refractivity contribution in [2.24, 2.45) is 5.73 Å². The van der Waals surface area contributed by atoms with Gasteiger partial charge in [-0.1, -0.05) is 23.2 Å². The molecule has 0 atom stereocenters. The summed E-state index contributed by atoms with van der Waals surface area (Å²) in [6.07, 6.45) is 0. The highest BCUT2D eigenvalue weighted by atomic mass is 79.9. The molecule has 2 aromatic rings. The molecule has 0 bridgehead atoms. The van der Waals surface area contributed by atoms with E-state index in [4.69, 9.17) is 33.7 Å². The van der Waals surface area contributed by atoms with Crippen molar-refractivity contribution >= 4 is 50.5 Å². The van der Waals surface area contributed by atoms with E-state index in [1.165, 1.54) is 0 Å². The minimum absolute atomic E-state index is 0.337. The van der Waals surface area contributed by atoms with Crippen molar-refractivity contribution < 1.29 is 4.74 Å². The number of benzene rings is 1. The predicted molar refractivity (Wildman–Crippen MR) is 80.7 cm³/mol. The van der Waals surface area contributed by atoms with Crippen molar-refractivity contribution in [1.29, 1.82) is 0 Å². The SMILES string of the molecule is NCc1cc(Cl)cc(Cl)c1OCc1cc(Br)cs1. The van der Waals surface area contributed by atoms with Gasteiger partial charge in [0, 0.05) is 31.9 Å². The molecule has 0 aliphatic rings. The summed E-state index contributed by atoms with van der Waals surface area (Å²) in [6, 6.07) is 5.44. The third kappa shape index (κ3) is 3.39. The van der Waals surface area contributed by atoms with Crippen LogP contribution in [0.2, 0.25) is 10.0 Å². The van der Waals surface area contributed by atoms with Crippen LogP contribution in [0, 0.1) is 0 Å². The fraction of sp³-hybridized carbons (Fsp3) is 0.167. The van der Waals surface area contributed by atoms with E-state index < -0.39 is 0 Å². The Balaban J connectivity index is 2.18. The molecule has 1 aromatic carbocycles. The molecule has 18 heavy (non-hydrogen) atoms. The highest BCUT2D eigenvalue weighted by Crippen LogP contribution is 2.33. The number of halogens is 3. The summed E-state index contributed by atoms with van der Waals surface area (Å²) in [7, 11) is 0. The van der Waals surface area contributed by atoms with E-state index in [-0.39, 0.29) is 0 Å². The third-order valence-corrected chi connectivity index (χ3v) is 4.46. The van der Waals surface area contributed by atoms with Crippen LogP contribution in [0.15, 0.2) is 28.1 Å². The second-order valence-corrected chi connectivity index (χ2v) is 6.35. The van der Waals surface area contributed by atoms with Gasteiger partial charge in [0.15, 0.2) is 0 Å². The Morgan fingerprint density at radius 2 is 2.06 bits per heavy atom. The zero-order valence-corrected chi connectivity index (χ0v) is 13.2. The van der Waals surface area contributed by atoms with Gasteiger partial charge in [-0.25, -0.2) is 0 Å². The van der Waals surface area contributed by atoms with E-state index in [0.717, 1.165) is 14.9 Å². The second kappa shape index (κ2) is 6.26. The first-order valence-electron chi connectivity index (χ1n) is 5.14. The van der Waals surface area contributed by atoms with E-state index in [9.17, 15) is 0 Å². The Bertz CT molecular complexity index is 559. The molecule has 0 saturated heterocycles. The van der Waals surface area contributed by atoms with Gasteiger partial charge in [0.05, 0.1) is 5.02 Å². The molecule has 0 amide bonds. The Hall–Kier alpha value is -0.260. The lowest BCUT2D eigenvalue weighted by Crippen LogP contribution is -2.02. The number of rotatable bonds is 4. The molecule has 1 aromatic heterocycles. The summed E-state index contributed by atoms with van der Waals surface area (Å²) in [5, 5.41) is 3.05. The van der Waals surface area contributed by atoms with Gasteiger partial charge in [0.25, 0.3) is 0 Å². The van der Waals surface area contributed by atoms with Crippen molar-refractivity contribution in [2.75, 3.05) is 0 Å². The number of nitrogens with two attached hydrogens (primary N) is 1. The molecule has 0 saturated carbocycles. The number of thiophene rings is 1. The molecule has 1 heterocycles. The summed E-state index contributed by atoms with van der Waals surface area (Å²) in [6.45, 7) is 0.800. The standard InChI is InChI=1S/C12H10BrCl2NOS/c13-8-2-10(18-6-8)5-17-12-7(4-16)1-9(14)3-11(12)15/h1-3,6H,4-5,16H2. The molecule has 6 heteroatoms. The molecular formula is C12H10BrCl2NOS. The van der Waals surface area contributed by atoms with Gasteiger partial charge >= 0.3 is 0 Å². The van der Waals surface area contributed by atoms with Gasteiger partial charge in [0.2, 0.25) is 0 Å². The topological polar surface area (TPSA) is 35.2 Å². The molecule has 2 nitrogen and oxygen atoms in total. The first kappa shape index (κ1) is 14.2. The lowest BCUT2D eigenvalue weighted by Gasteiger charge is -2.12. The smallest absolute Gasteiger partial charge is 0.143 e. The molecule has 0 radical (unpaired) electrons. The Kier molecular flexibility index (Phi) is 4.92. The van der Waals surface area contributed by atoms with Crippen LogP contribution in [0.25, 0.3) is 0 Å². The fourth-order valence-corrected chi connectivity index (χ4v) is 3.45. The van der Waals surface area contributed by atoms with Crippen LogP contribution < -0.4 is 10.5 Å². The molecule has 96 valence electrons. The first-order chi connectivity index (χ1) is 8.60. The molecular weight excluding hydrogens is 357 g/mol. The van der Waals surface area contributed by atoms with E-state index in [2.05, 4.69) is 15.9 Å². The number of ether oxygens (including phenoxy) is 1. The van der Waals surface area contributed by atoms with Crippen molar-refractivity contribution in [3.8, 4) is 5.75 Å². The van der Waals surface area contributed by atoms with Gasteiger partial charge in [-0.15, -0.1) is 11.3 Å². The minimum Gasteiger partial charge on any atom is -0.486 e. The van der Waals surface area contributed by atoms with E-state index in [1.807, 2.05) is 11.4 Å². The first-order valence-corrected chi connectivity index (χ1v) is 7.56. The highest BCUT2D eigenvalue weighted by Gasteiger charge is 2.10. The van der Waals surface area contributed by atoms with Crippen LogP contribution in [0.1, 0.15) is 10.4 Å².